The first-order chi connectivity index (χ1) is 9.72. The maximum atomic E-state index is 12.2. The fraction of sp³-hybridized carbons (Fsp3) is 0.562. The van der Waals surface area contributed by atoms with Crippen molar-refractivity contribution in [2.45, 2.75) is 38.1 Å². The molecular formula is C16H25ClN2OS. The van der Waals surface area contributed by atoms with Crippen molar-refractivity contribution in [2.75, 3.05) is 18.2 Å². The maximum Gasteiger partial charge on any atom is 0.238 e. The highest BCUT2D eigenvalue weighted by atomic mass is 35.5. The van der Waals surface area contributed by atoms with Crippen LogP contribution >= 0.6 is 24.2 Å². The molecule has 118 valence electrons. The number of rotatable bonds is 6. The molecule has 1 aliphatic rings. The van der Waals surface area contributed by atoms with Crippen molar-refractivity contribution in [3.63, 3.8) is 0 Å². The zero-order valence-electron chi connectivity index (χ0n) is 12.7. The Morgan fingerprint density at radius 1 is 1.33 bits per heavy atom. The molecule has 1 aromatic rings. The monoisotopic (exact) mass is 328 g/mol. The molecule has 0 saturated carbocycles. The normalized spacial score (nSPS) is 18.1. The number of hydrogen-bond donors (Lipinski definition) is 2. The van der Waals surface area contributed by atoms with E-state index in [0.717, 1.165) is 24.5 Å². The predicted octanol–water partition coefficient (Wildman–Crippen LogP) is 2.94. The molecule has 2 N–H and O–H groups in total. The lowest BCUT2D eigenvalue weighted by atomic mass is 9.76. The second-order valence-corrected chi connectivity index (χ2v) is 6.37. The molecule has 5 heteroatoms. The fourth-order valence-electron chi connectivity index (χ4n) is 2.75. The van der Waals surface area contributed by atoms with Crippen molar-refractivity contribution in [2.24, 2.45) is 0 Å². The zero-order valence-corrected chi connectivity index (χ0v) is 14.4. The number of carbonyl (C=O) groups excluding carboxylic acids is 1. The number of hydrogen-bond acceptors (Lipinski definition) is 3. The van der Waals surface area contributed by atoms with Gasteiger partial charge in [-0.15, -0.1) is 24.2 Å². The molecule has 21 heavy (non-hydrogen) atoms. The molecule has 1 amide bonds. The first kappa shape index (κ1) is 18.3. The molecule has 0 spiro atoms. The molecule has 1 aliphatic heterocycles. The maximum absolute atomic E-state index is 12.2. The lowest BCUT2D eigenvalue weighted by molar-refractivity contribution is -0.122. The average molecular weight is 329 g/mol. The van der Waals surface area contributed by atoms with Gasteiger partial charge < -0.3 is 5.32 Å². The van der Waals surface area contributed by atoms with Gasteiger partial charge in [0.2, 0.25) is 5.91 Å². The number of benzene rings is 1. The van der Waals surface area contributed by atoms with Crippen LogP contribution in [0.1, 0.15) is 32.3 Å². The number of nitrogens with one attached hydrogen (secondary N) is 2. The summed E-state index contributed by atoms with van der Waals surface area (Å²) in [7, 11) is 0. The first-order valence-electron chi connectivity index (χ1n) is 7.36. The molecule has 0 bridgehead atoms. The highest BCUT2D eigenvalue weighted by molar-refractivity contribution is 7.99. The van der Waals surface area contributed by atoms with E-state index in [2.05, 4.69) is 48.7 Å². The summed E-state index contributed by atoms with van der Waals surface area (Å²) in [6.45, 7) is 5.12. The summed E-state index contributed by atoms with van der Waals surface area (Å²) in [5.74, 6) is 1.89. The molecule has 0 radical (unpaired) electrons. The second-order valence-electron chi connectivity index (χ2n) is 5.34. The van der Waals surface area contributed by atoms with Crippen LogP contribution in [0.3, 0.4) is 0 Å². The van der Waals surface area contributed by atoms with Gasteiger partial charge in [0.1, 0.15) is 0 Å². The number of thioether (sulfide) groups is 1. The van der Waals surface area contributed by atoms with Crippen LogP contribution in [0.2, 0.25) is 0 Å². The molecule has 1 heterocycles. The van der Waals surface area contributed by atoms with Crippen LogP contribution in [0.25, 0.3) is 0 Å². The van der Waals surface area contributed by atoms with Crippen LogP contribution in [0.5, 0.6) is 0 Å². The Kier molecular flexibility index (Phi) is 7.57. The summed E-state index contributed by atoms with van der Waals surface area (Å²) in [5.41, 5.74) is 1.36. The fourth-order valence-corrected chi connectivity index (χ4v) is 3.69. The molecule has 1 atom stereocenters. The summed E-state index contributed by atoms with van der Waals surface area (Å²) in [5, 5.41) is 6.37. The van der Waals surface area contributed by atoms with Gasteiger partial charge in [0, 0.05) is 23.6 Å². The van der Waals surface area contributed by atoms with Crippen LogP contribution in [-0.4, -0.2) is 30.1 Å². The van der Waals surface area contributed by atoms with Gasteiger partial charge in [-0.3, -0.25) is 10.1 Å². The topological polar surface area (TPSA) is 41.1 Å². The molecule has 1 aromatic carbocycles. The van der Waals surface area contributed by atoms with Gasteiger partial charge in [0.05, 0.1) is 6.04 Å². The van der Waals surface area contributed by atoms with E-state index in [-0.39, 0.29) is 29.8 Å². The summed E-state index contributed by atoms with van der Waals surface area (Å²) in [6, 6.07) is 10.5. The van der Waals surface area contributed by atoms with E-state index in [1.807, 2.05) is 6.07 Å². The summed E-state index contributed by atoms with van der Waals surface area (Å²) >= 11 is 1.78. The van der Waals surface area contributed by atoms with E-state index in [4.69, 9.17) is 0 Å². The Morgan fingerprint density at radius 3 is 2.52 bits per heavy atom. The average Bonchev–Trinajstić information content (AvgIpc) is 3.04. The molecule has 1 fully saturated rings. The molecule has 1 unspecified atom stereocenters. The third kappa shape index (κ3) is 4.38. The molecule has 1 saturated heterocycles. The van der Waals surface area contributed by atoms with Gasteiger partial charge in [-0.25, -0.2) is 0 Å². The minimum atomic E-state index is -0.0258. The van der Waals surface area contributed by atoms with E-state index in [1.165, 1.54) is 5.56 Å². The lowest BCUT2D eigenvalue weighted by Gasteiger charge is -2.33. The van der Waals surface area contributed by atoms with Crippen molar-refractivity contribution in [1.82, 2.24) is 10.6 Å². The SMILES string of the molecule is CCC(CC)(CNC(=O)C1CSCN1)c1ccccc1.Cl. The van der Waals surface area contributed by atoms with Crippen LogP contribution in [0.4, 0.5) is 0 Å². The highest BCUT2D eigenvalue weighted by Crippen LogP contribution is 2.30. The zero-order chi connectivity index (χ0) is 14.4. The molecule has 0 aromatic heterocycles. The minimum absolute atomic E-state index is 0. The van der Waals surface area contributed by atoms with Crippen molar-refractivity contribution in [3.8, 4) is 0 Å². The van der Waals surface area contributed by atoms with Crippen molar-refractivity contribution < 1.29 is 4.79 Å². The van der Waals surface area contributed by atoms with Gasteiger partial charge in [-0.05, 0) is 18.4 Å². The van der Waals surface area contributed by atoms with E-state index in [9.17, 15) is 4.79 Å². The van der Waals surface area contributed by atoms with Gasteiger partial charge in [-0.1, -0.05) is 44.2 Å². The van der Waals surface area contributed by atoms with Crippen LogP contribution in [0.15, 0.2) is 30.3 Å². The van der Waals surface area contributed by atoms with E-state index in [1.54, 1.807) is 11.8 Å². The van der Waals surface area contributed by atoms with Crippen molar-refractivity contribution in [1.29, 1.82) is 0 Å². The number of halogens is 1. The van der Waals surface area contributed by atoms with E-state index in [0.29, 0.717) is 6.54 Å². The standard InChI is InChI=1S/C16H24N2OS.ClH/c1-3-16(4-2,13-8-6-5-7-9-13)11-17-15(19)14-10-20-12-18-14;/h5-9,14,18H,3-4,10-12H2,1-2H3,(H,17,19);1H. The Hall–Kier alpha value is -0.710. The lowest BCUT2D eigenvalue weighted by Crippen LogP contribution is -2.47. The highest BCUT2D eigenvalue weighted by Gasteiger charge is 2.30. The van der Waals surface area contributed by atoms with Gasteiger partial charge in [0.15, 0.2) is 0 Å². The summed E-state index contributed by atoms with van der Waals surface area (Å²) in [4.78, 5) is 12.2. The molecule has 2 rings (SSSR count). The van der Waals surface area contributed by atoms with Crippen molar-refractivity contribution >= 4 is 30.1 Å². The van der Waals surface area contributed by atoms with Gasteiger partial charge in [0.25, 0.3) is 0 Å². The van der Waals surface area contributed by atoms with Gasteiger partial charge in [-0.2, -0.15) is 0 Å². The Bertz CT molecular complexity index is 431. The van der Waals surface area contributed by atoms with Crippen molar-refractivity contribution in [3.05, 3.63) is 35.9 Å². The molecule has 0 aliphatic carbocycles. The Labute approximate surface area is 138 Å². The largest absolute Gasteiger partial charge is 0.354 e. The summed E-state index contributed by atoms with van der Waals surface area (Å²) in [6.07, 6.45) is 2.06. The predicted molar refractivity (Wildman–Crippen MR) is 93.2 cm³/mol. The smallest absolute Gasteiger partial charge is 0.238 e. The van der Waals surface area contributed by atoms with Gasteiger partial charge >= 0.3 is 0 Å². The first-order valence-corrected chi connectivity index (χ1v) is 8.51. The Morgan fingerprint density at radius 2 is 2.00 bits per heavy atom. The summed E-state index contributed by atoms with van der Waals surface area (Å²) < 4.78 is 0. The second kappa shape index (κ2) is 8.66. The van der Waals surface area contributed by atoms with E-state index >= 15 is 0 Å². The van der Waals surface area contributed by atoms with Crippen LogP contribution in [0, 0.1) is 0 Å². The Balaban J connectivity index is 0.00000220. The number of carbonyl (C=O) groups is 1. The third-order valence-electron chi connectivity index (χ3n) is 4.37. The molecular weight excluding hydrogens is 304 g/mol. The number of amides is 1. The van der Waals surface area contributed by atoms with Crippen LogP contribution < -0.4 is 10.6 Å². The van der Waals surface area contributed by atoms with Crippen LogP contribution in [-0.2, 0) is 10.2 Å². The third-order valence-corrected chi connectivity index (χ3v) is 5.31. The van der Waals surface area contributed by atoms with E-state index < -0.39 is 0 Å². The minimum Gasteiger partial charge on any atom is -0.354 e. The quantitative estimate of drug-likeness (QED) is 0.843. The molecule has 3 nitrogen and oxygen atoms in total.